The van der Waals surface area contributed by atoms with E-state index < -0.39 is 0 Å². The van der Waals surface area contributed by atoms with E-state index in [4.69, 9.17) is 0 Å². The lowest BCUT2D eigenvalue weighted by molar-refractivity contribution is -0.121. The summed E-state index contributed by atoms with van der Waals surface area (Å²) in [5, 5.41) is 2.98. The summed E-state index contributed by atoms with van der Waals surface area (Å²) in [6.45, 7) is 9.27. The molecule has 2 nitrogen and oxygen atoms in total. The average molecular weight is 259 g/mol. The lowest BCUT2D eigenvalue weighted by Gasteiger charge is -2.04. The van der Waals surface area contributed by atoms with Gasteiger partial charge in [-0.3, -0.25) is 4.79 Å². The van der Waals surface area contributed by atoms with Crippen LogP contribution in [0.5, 0.6) is 0 Å². The van der Waals surface area contributed by atoms with Gasteiger partial charge in [-0.2, -0.15) is 0 Å². The standard InChI is InChI=1S/C14H29NO.C2H6.H2/c1-3-5-7-8-9-10-12-14(16)15-13-11-6-4-2;1-2;/h3-13H2,1-2H3,(H,15,16);1-2H3;1H. The molecule has 0 heterocycles. The summed E-state index contributed by atoms with van der Waals surface area (Å²) in [4.78, 5) is 11.4. The van der Waals surface area contributed by atoms with Gasteiger partial charge in [-0.1, -0.05) is 72.6 Å². The molecule has 0 aliphatic carbocycles. The van der Waals surface area contributed by atoms with Gasteiger partial charge < -0.3 is 5.32 Å². The summed E-state index contributed by atoms with van der Waals surface area (Å²) in [7, 11) is 0. The maximum Gasteiger partial charge on any atom is 0.219 e. The van der Waals surface area contributed by atoms with Crippen LogP contribution in [0.25, 0.3) is 0 Å². The molecular weight excluding hydrogens is 222 g/mol. The first-order valence-electron chi connectivity index (χ1n) is 8.08. The van der Waals surface area contributed by atoms with Crippen molar-refractivity contribution in [2.45, 2.75) is 91.9 Å². The summed E-state index contributed by atoms with van der Waals surface area (Å²) in [5.74, 6) is 0.242. The molecule has 1 amide bonds. The maximum atomic E-state index is 11.4. The zero-order valence-electron chi connectivity index (χ0n) is 13.2. The number of hydrogen-bond acceptors (Lipinski definition) is 1. The number of nitrogens with one attached hydrogen (secondary N) is 1. The fourth-order valence-corrected chi connectivity index (χ4v) is 1.76. The Bertz CT molecular complexity index is 163. The van der Waals surface area contributed by atoms with Crippen LogP contribution in [0.3, 0.4) is 0 Å². The van der Waals surface area contributed by atoms with Gasteiger partial charge in [0.2, 0.25) is 5.91 Å². The molecule has 1 N–H and O–H groups in total. The highest BCUT2D eigenvalue weighted by molar-refractivity contribution is 5.75. The molecule has 0 fully saturated rings. The normalized spacial score (nSPS) is 9.56. The fraction of sp³-hybridized carbons (Fsp3) is 0.938. The van der Waals surface area contributed by atoms with E-state index in [1.54, 1.807) is 0 Å². The van der Waals surface area contributed by atoms with E-state index in [-0.39, 0.29) is 7.33 Å². The highest BCUT2D eigenvalue weighted by atomic mass is 16.1. The molecule has 0 saturated carbocycles. The van der Waals surface area contributed by atoms with E-state index in [1.165, 1.54) is 44.9 Å². The van der Waals surface area contributed by atoms with Crippen LogP contribution in [0.1, 0.15) is 93.3 Å². The van der Waals surface area contributed by atoms with Crippen LogP contribution in [-0.4, -0.2) is 12.5 Å². The van der Waals surface area contributed by atoms with E-state index in [9.17, 15) is 4.79 Å². The van der Waals surface area contributed by atoms with Gasteiger partial charge in [-0.25, -0.2) is 0 Å². The van der Waals surface area contributed by atoms with Crippen molar-refractivity contribution in [1.82, 2.24) is 5.32 Å². The summed E-state index contributed by atoms with van der Waals surface area (Å²) >= 11 is 0. The number of rotatable bonds is 11. The van der Waals surface area contributed by atoms with Crippen LogP contribution in [0, 0.1) is 0 Å². The molecule has 0 aliphatic heterocycles. The lowest BCUT2D eigenvalue weighted by Crippen LogP contribution is -2.23. The summed E-state index contributed by atoms with van der Waals surface area (Å²) in [6, 6.07) is 0. The van der Waals surface area contributed by atoms with E-state index in [0.29, 0.717) is 0 Å². The zero-order chi connectivity index (χ0) is 14.1. The van der Waals surface area contributed by atoms with Gasteiger partial charge in [0.05, 0.1) is 0 Å². The third-order valence-electron chi connectivity index (χ3n) is 2.86. The van der Waals surface area contributed by atoms with Crippen molar-refractivity contribution in [2.24, 2.45) is 0 Å². The van der Waals surface area contributed by atoms with Crippen molar-refractivity contribution >= 4 is 5.91 Å². The number of carbonyl (C=O) groups is 1. The molecule has 112 valence electrons. The Kier molecular flexibility index (Phi) is 20.7. The Morgan fingerprint density at radius 1 is 0.833 bits per heavy atom. The first-order valence-corrected chi connectivity index (χ1v) is 8.08. The van der Waals surface area contributed by atoms with Gasteiger partial charge >= 0.3 is 0 Å². The van der Waals surface area contributed by atoms with Crippen molar-refractivity contribution in [2.75, 3.05) is 6.54 Å². The third kappa shape index (κ3) is 17.9. The molecule has 0 aromatic rings. The van der Waals surface area contributed by atoms with E-state index in [0.717, 1.165) is 25.8 Å². The Morgan fingerprint density at radius 2 is 1.33 bits per heavy atom. The Morgan fingerprint density at radius 3 is 1.94 bits per heavy atom. The van der Waals surface area contributed by atoms with Crippen molar-refractivity contribution in [1.29, 1.82) is 0 Å². The zero-order valence-corrected chi connectivity index (χ0v) is 13.2. The van der Waals surface area contributed by atoms with Crippen LogP contribution < -0.4 is 5.32 Å². The second-order valence-corrected chi connectivity index (χ2v) is 4.57. The molecule has 0 atom stereocenters. The van der Waals surface area contributed by atoms with Crippen LogP contribution in [0.4, 0.5) is 0 Å². The van der Waals surface area contributed by atoms with Crippen molar-refractivity contribution in [3.8, 4) is 0 Å². The first kappa shape index (κ1) is 19.8. The van der Waals surface area contributed by atoms with Crippen LogP contribution >= 0.6 is 0 Å². The van der Waals surface area contributed by atoms with E-state index >= 15 is 0 Å². The van der Waals surface area contributed by atoms with E-state index in [1.807, 2.05) is 13.8 Å². The minimum Gasteiger partial charge on any atom is -0.356 e. The monoisotopic (exact) mass is 259 g/mol. The smallest absolute Gasteiger partial charge is 0.219 e. The Balaban J connectivity index is -0.000000809. The number of hydrogen-bond donors (Lipinski definition) is 1. The molecule has 0 aliphatic rings. The van der Waals surface area contributed by atoms with Gasteiger partial charge in [0.15, 0.2) is 0 Å². The maximum absolute atomic E-state index is 11.4. The van der Waals surface area contributed by atoms with Crippen molar-refractivity contribution in [3.05, 3.63) is 0 Å². The van der Waals surface area contributed by atoms with Gasteiger partial charge in [0, 0.05) is 14.4 Å². The molecule has 0 aromatic carbocycles. The highest BCUT2D eigenvalue weighted by Crippen LogP contribution is 2.06. The molecule has 0 aromatic heterocycles. The summed E-state index contributed by atoms with van der Waals surface area (Å²) in [6.07, 6.45) is 11.8. The second-order valence-electron chi connectivity index (χ2n) is 4.57. The van der Waals surface area contributed by atoms with Gasteiger partial charge in [-0.05, 0) is 12.8 Å². The summed E-state index contributed by atoms with van der Waals surface area (Å²) < 4.78 is 0. The largest absolute Gasteiger partial charge is 0.356 e. The van der Waals surface area contributed by atoms with Crippen LogP contribution in [0.15, 0.2) is 0 Å². The summed E-state index contributed by atoms with van der Waals surface area (Å²) in [5.41, 5.74) is 0. The molecule has 0 radical (unpaired) electrons. The molecule has 0 rings (SSSR count). The Hall–Kier alpha value is -0.530. The number of carbonyl (C=O) groups excluding carboxylic acids is 1. The highest BCUT2D eigenvalue weighted by Gasteiger charge is 1.99. The molecule has 2 heteroatoms. The van der Waals surface area contributed by atoms with Gasteiger partial charge in [-0.15, -0.1) is 0 Å². The second kappa shape index (κ2) is 18.8. The minimum atomic E-state index is 0. The van der Waals surface area contributed by atoms with Crippen LogP contribution in [-0.2, 0) is 4.79 Å². The fourth-order valence-electron chi connectivity index (χ4n) is 1.76. The minimum absolute atomic E-state index is 0. The average Bonchev–Trinajstić information content (AvgIpc) is 2.41. The van der Waals surface area contributed by atoms with Gasteiger partial charge in [0.25, 0.3) is 0 Å². The number of unbranched alkanes of at least 4 members (excludes halogenated alkanes) is 7. The Labute approximate surface area is 116 Å². The van der Waals surface area contributed by atoms with Gasteiger partial charge in [0.1, 0.15) is 0 Å². The molecule has 18 heavy (non-hydrogen) atoms. The van der Waals surface area contributed by atoms with E-state index in [2.05, 4.69) is 19.2 Å². The molecule has 0 bridgehead atoms. The van der Waals surface area contributed by atoms with Crippen LogP contribution in [0.2, 0.25) is 0 Å². The predicted octanol–water partition coefficient (Wildman–Crippen LogP) is 5.32. The topological polar surface area (TPSA) is 29.1 Å². The SMILES string of the molecule is CC.CCCCCCCCC(=O)NCCCCC.[HH]. The number of amides is 1. The van der Waals surface area contributed by atoms with Crippen molar-refractivity contribution < 1.29 is 6.22 Å². The van der Waals surface area contributed by atoms with Crippen molar-refractivity contribution in [3.63, 3.8) is 0 Å². The first-order chi connectivity index (χ1) is 8.81. The molecular formula is C16H37NO. The predicted molar refractivity (Wildman–Crippen MR) is 84.0 cm³/mol. The quantitative estimate of drug-likeness (QED) is 0.500. The lowest BCUT2D eigenvalue weighted by atomic mass is 10.1. The third-order valence-corrected chi connectivity index (χ3v) is 2.86. The molecule has 0 spiro atoms. The molecule has 0 unspecified atom stereocenters. The molecule has 0 saturated heterocycles.